The molecule has 4 heteroatoms. The van der Waals surface area contributed by atoms with Gasteiger partial charge >= 0.3 is 0 Å². The van der Waals surface area contributed by atoms with Crippen LogP contribution in [0, 0.1) is 0 Å². The van der Waals surface area contributed by atoms with Crippen LogP contribution < -0.4 is 10.5 Å². The van der Waals surface area contributed by atoms with Gasteiger partial charge in [-0.3, -0.25) is 4.79 Å². The summed E-state index contributed by atoms with van der Waals surface area (Å²) in [7, 11) is 1.58. The molecule has 4 nitrogen and oxygen atoms in total. The van der Waals surface area contributed by atoms with E-state index in [9.17, 15) is 9.90 Å². The van der Waals surface area contributed by atoms with Crippen molar-refractivity contribution in [2.75, 3.05) is 7.11 Å². The van der Waals surface area contributed by atoms with Crippen molar-refractivity contribution < 1.29 is 14.6 Å². The van der Waals surface area contributed by atoms with Gasteiger partial charge < -0.3 is 15.6 Å². The van der Waals surface area contributed by atoms with Gasteiger partial charge in [0.2, 0.25) is 5.91 Å². The highest BCUT2D eigenvalue weighted by Gasteiger charge is 2.20. The third kappa shape index (κ3) is 2.85. The molecule has 0 fully saturated rings. The number of aromatic hydroxyl groups is 1. The maximum atomic E-state index is 11.7. The number of phenols is 1. The van der Waals surface area contributed by atoms with Gasteiger partial charge in [-0.25, -0.2) is 0 Å². The number of hydrogen-bond donors (Lipinski definition) is 2. The van der Waals surface area contributed by atoms with Gasteiger partial charge in [-0.1, -0.05) is 24.3 Å². The lowest BCUT2D eigenvalue weighted by molar-refractivity contribution is -0.118. The molecule has 1 unspecified atom stereocenters. The van der Waals surface area contributed by atoms with Crippen LogP contribution in [0.2, 0.25) is 0 Å². The van der Waals surface area contributed by atoms with Gasteiger partial charge in [0.1, 0.15) is 11.5 Å². The molecule has 98 valence electrons. The van der Waals surface area contributed by atoms with Gasteiger partial charge in [0.05, 0.1) is 13.0 Å². The number of benzene rings is 2. The van der Waals surface area contributed by atoms with Crippen LogP contribution in [-0.2, 0) is 4.79 Å². The summed E-state index contributed by atoms with van der Waals surface area (Å²) in [6, 6.07) is 13.7. The van der Waals surface area contributed by atoms with E-state index in [4.69, 9.17) is 10.5 Å². The van der Waals surface area contributed by atoms with Crippen molar-refractivity contribution in [3.63, 3.8) is 0 Å². The second-order valence-electron chi connectivity index (χ2n) is 4.20. The minimum Gasteiger partial charge on any atom is -0.508 e. The van der Waals surface area contributed by atoms with E-state index in [0.717, 1.165) is 5.56 Å². The first-order chi connectivity index (χ1) is 9.11. The highest BCUT2D eigenvalue weighted by molar-refractivity contribution is 5.85. The van der Waals surface area contributed by atoms with Crippen LogP contribution in [-0.4, -0.2) is 18.1 Å². The molecule has 0 aromatic heterocycles. The largest absolute Gasteiger partial charge is 0.508 e. The Kier molecular flexibility index (Phi) is 3.71. The number of ether oxygens (including phenoxy) is 1. The van der Waals surface area contributed by atoms with E-state index < -0.39 is 11.8 Å². The Morgan fingerprint density at radius 3 is 2.37 bits per heavy atom. The Balaban J connectivity index is 2.42. The summed E-state index contributed by atoms with van der Waals surface area (Å²) in [6.07, 6.45) is 0. The molecule has 19 heavy (non-hydrogen) atoms. The number of primary amides is 1. The van der Waals surface area contributed by atoms with E-state index in [1.807, 2.05) is 0 Å². The van der Waals surface area contributed by atoms with Gasteiger partial charge in [-0.2, -0.15) is 0 Å². The summed E-state index contributed by atoms with van der Waals surface area (Å²) in [5.74, 6) is -0.228. The molecule has 0 radical (unpaired) electrons. The van der Waals surface area contributed by atoms with Gasteiger partial charge in [0.15, 0.2) is 0 Å². The third-order valence-corrected chi connectivity index (χ3v) is 2.94. The number of rotatable bonds is 4. The van der Waals surface area contributed by atoms with Gasteiger partial charge in [-0.15, -0.1) is 0 Å². The molecule has 0 spiro atoms. The van der Waals surface area contributed by atoms with Crippen LogP contribution in [0.3, 0.4) is 0 Å². The molecule has 0 saturated heterocycles. The number of hydrogen-bond acceptors (Lipinski definition) is 3. The van der Waals surface area contributed by atoms with Crippen molar-refractivity contribution >= 4 is 5.91 Å². The van der Waals surface area contributed by atoms with Crippen molar-refractivity contribution in [1.82, 2.24) is 0 Å². The fraction of sp³-hybridized carbons (Fsp3) is 0.133. The molecule has 3 N–H and O–H groups in total. The Hall–Kier alpha value is -2.49. The van der Waals surface area contributed by atoms with E-state index >= 15 is 0 Å². The average Bonchev–Trinajstić information content (AvgIpc) is 2.39. The average molecular weight is 257 g/mol. The zero-order chi connectivity index (χ0) is 13.8. The van der Waals surface area contributed by atoms with Crippen molar-refractivity contribution in [2.45, 2.75) is 5.92 Å². The molecule has 1 amide bonds. The van der Waals surface area contributed by atoms with Crippen LogP contribution in [0.15, 0.2) is 48.5 Å². The smallest absolute Gasteiger partial charge is 0.229 e. The SMILES string of the molecule is COc1ccc(C(C(N)=O)c2cccc(O)c2)cc1. The Morgan fingerprint density at radius 2 is 1.84 bits per heavy atom. The number of methoxy groups -OCH3 is 1. The van der Waals surface area contributed by atoms with Crippen molar-refractivity contribution in [2.24, 2.45) is 5.73 Å². The standard InChI is InChI=1S/C15H15NO3/c1-19-13-7-5-10(6-8-13)14(15(16)18)11-3-2-4-12(17)9-11/h2-9,14,17H,1H3,(H2,16,18). The fourth-order valence-electron chi connectivity index (χ4n) is 2.02. The van der Waals surface area contributed by atoms with Crippen LogP contribution in [0.1, 0.15) is 17.0 Å². The quantitative estimate of drug-likeness (QED) is 0.880. The molecule has 0 bridgehead atoms. The highest BCUT2D eigenvalue weighted by Crippen LogP contribution is 2.28. The normalized spacial score (nSPS) is 11.8. The van der Waals surface area contributed by atoms with E-state index in [-0.39, 0.29) is 5.75 Å². The fourth-order valence-corrected chi connectivity index (χ4v) is 2.02. The van der Waals surface area contributed by atoms with Crippen LogP contribution in [0.4, 0.5) is 0 Å². The predicted molar refractivity (Wildman–Crippen MR) is 72.1 cm³/mol. The monoisotopic (exact) mass is 257 g/mol. The second kappa shape index (κ2) is 5.44. The number of phenolic OH excluding ortho intramolecular Hbond substituents is 1. The molecule has 0 heterocycles. The van der Waals surface area contributed by atoms with Gasteiger partial charge in [-0.05, 0) is 35.4 Å². The van der Waals surface area contributed by atoms with Crippen LogP contribution in [0.25, 0.3) is 0 Å². The number of nitrogens with two attached hydrogens (primary N) is 1. The number of amides is 1. The molecule has 2 aromatic rings. The molecule has 2 aromatic carbocycles. The van der Waals surface area contributed by atoms with E-state index in [0.29, 0.717) is 11.3 Å². The Labute approximate surface area is 111 Å². The lowest BCUT2D eigenvalue weighted by atomic mass is 9.90. The first-order valence-electron chi connectivity index (χ1n) is 5.84. The first kappa shape index (κ1) is 13.0. The lowest BCUT2D eigenvalue weighted by Gasteiger charge is -2.15. The van der Waals surface area contributed by atoms with Crippen LogP contribution in [0.5, 0.6) is 11.5 Å². The minimum absolute atomic E-state index is 0.109. The molecule has 0 aliphatic rings. The zero-order valence-electron chi connectivity index (χ0n) is 10.5. The summed E-state index contributed by atoms with van der Waals surface area (Å²) < 4.78 is 5.08. The topological polar surface area (TPSA) is 72.5 Å². The first-order valence-corrected chi connectivity index (χ1v) is 5.84. The van der Waals surface area contributed by atoms with Gasteiger partial charge in [0, 0.05) is 0 Å². The van der Waals surface area contributed by atoms with Crippen molar-refractivity contribution in [1.29, 1.82) is 0 Å². The Morgan fingerprint density at radius 1 is 1.16 bits per heavy atom. The molecule has 2 rings (SSSR count). The third-order valence-electron chi connectivity index (χ3n) is 2.94. The minimum atomic E-state index is -0.585. The zero-order valence-corrected chi connectivity index (χ0v) is 10.5. The molecule has 0 aliphatic heterocycles. The summed E-state index contributed by atoms with van der Waals surface area (Å²) in [5.41, 5.74) is 6.90. The van der Waals surface area contributed by atoms with Crippen molar-refractivity contribution in [3.8, 4) is 11.5 Å². The van der Waals surface area contributed by atoms with E-state index in [1.54, 1.807) is 55.6 Å². The molecule has 0 saturated carbocycles. The summed E-state index contributed by atoms with van der Waals surface area (Å²) in [5, 5.41) is 9.50. The maximum absolute atomic E-state index is 11.7. The van der Waals surface area contributed by atoms with Gasteiger partial charge in [0.25, 0.3) is 0 Å². The van der Waals surface area contributed by atoms with E-state index in [1.165, 1.54) is 0 Å². The molecule has 0 aliphatic carbocycles. The Bertz CT molecular complexity index is 578. The number of carbonyl (C=O) groups is 1. The van der Waals surface area contributed by atoms with Crippen LogP contribution >= 0.6 is 0 Å². The highest BCUT2D eigenvalue weighted by atomic mass is 16.5. The summed E-state index contributed by atoms with van der Waals surface area (Å²) >= 11 is 0. The molecular weight excluding hydrogens is 242 g/mol. The van der Waals surface area contributed by atoms with Crippen molar-refractivity contribution in [3.05, 3.63) is 59.7 Å². The summed E-state index contributed by atoms with van der Waals surface area (Å²) in [6.45, 7) is 0. The predicted octanol–water partition coefficient (Wildman–Crippen LogP) is 2.02. The molecule has 1 atom stereocenters. The molecular formula is C15H15NO3. The summed E-state index contributed by atoms with van der Waals surface area (Å²) in [4.78, 5) is 11.7. The lowest BCUT2D eigenvalue weighted by Crippen LogP contribution is -2.22. The van der Waals surface area contributed by atoms with E-state index in [2.05, 4.69) is 0 Å². The maximum Gasteiger partial charge on any atom is 0.229 e. The second-order valence-corrected chi connectivity index (χ2v) is 4.20. The number of carbonyl (C=O) groups excluding carboxylic acids is 1.